The van der Waals surface area contributed by atoms with Gasteiger partial charge in [0.05, 0.1) is 9.92 Å². The monoisotopic (exact) mass is 472 g/mol. The third-order valence-electron chi connectivity index (χ3n) is 5.12. The first-order valence-corrected chi connectivity index (χ1v) is 12.5. The Hall–Kier alpha value is -2.45. The Morgan fingerprint density at radius 3 is 2.48 bits per heavy atom. The number of thiophene rings is 1. The lowest BCUT2D eigenvalue weighted by Gasteiger charge is -2.12. The van der Waals surface area contributed by atoms with E-state index in [9.17, 15) is 13.2 Å². The molecule has 1 heterocycles. The molecule has 0 aliphatic heterocycles. The van der Waals surface area contributed by atoms with Crippen molar-refractivity contribution in [3.8, 4) is 0 Å². The smallest absolute Gasteiger partial charge is 0.267 e. The quantitative estimate of drug-likeness (QED) is 0.359. The molecule has 0 spiro atoms. The van der Waals surface area contributed by atoms with Gasteiger partial charge in [-0.2, -0.15) is 0 Å². The first-order chi connectivity index (χ1) is 14.8. The summed E-state index contributed by atoms with van der Waals surface area (Å²) in [6, 6.07) is 17.8. The van der Waals surface area contributed by atoms with E-state index in [0.717, 1.165) is 20.9 Å². The van der Waals surface area contributed by atoms with Crippen molar-refractivity contribution in [1.29, 1.82) is 0 Å². The first-order valence-electron chi connectivity index (χ1n) is 9.83. The fourth-order valence-electron chi connectivity index (χ4n) is 3.30. The second-order valence-electron chi connectivity index (χ2n) is 7.31. The Bertz CT molecular complexity index is 1380. The number of hydrogen-bond acceptors (Lipinski definition) is 4. The van der Waals surface area contributed by atoms with Crippen LogP contribution in [0.25, 0.3) is 20.9 Å². The number of hydrogen-bond donors (Lipinski definition) is 2. The van der Waals surface area contributed by atoms with Crippen molar-refractivity contribution in [1.82, 2.24) is 4.72 Å². The van der Waals surface area contributed by atoms with Gasteiger partial charge >= 0.3 is 0 Å². The average Bonchev–Trinajstić information content (AvgIpc) is 3.11. The van der Waals surface area contributed by atoms with Crippen molar-refractivity contribution in [3.05, 3.63) is 70.6 Å². The average molecular weight is 473 g/mol. The zero-order valence-corrected chi connectivity index (χ0v) is 19.4. The third-order valence-corrected chi connectivity index (χ3v) is 8.37. The fourth-order valence-corrected chi connectivity index (χ4v) is 6.09. The van der Waals surface area contributed by atoms with E-state index in [1.807, 2.05) is 50.2 Å². The summed E-state index contributed by atoms with van der Waals surface area (Å²) >= 11 is 7.94. The molecule has 0 saturated carbocycles. The zero-order valence-electron chi connectivity index (χ0n) is 17.0. The van der Waals surface area contributed by atoms with Crippen molar-refractivity contribution >= 4 is 65.4 Å². The van der Waals surface area contributed by atoms with Gasteiger partial charge in [-0.25, -0.2) is 13.1 Å². The molecule has 31 heavy (non-hydrogen) atoms. The van der Waals surface area contributed by atoms with Gasteiger partial charge in [0, 0.05) is 21.8 Å². The highest BCUT2D eigenvalue weighted by molar-refractivity contribution is 7.89. The molecule has 0 aliphatic carbocycles. The molecule has 1 atom stereocenters. The van der Waals surface area contributed by atoms with E-state index in [-0.39, 0.29) is 16.8 Å². The van der Waals surface area contributed by atoms with Crippen LogP contribution in [0.15, 0.2) is 65.6 Å². The number of carbonyl (C=O) groups excluding carboxylic acids is 1. The van der Waals surface area contributed by atoms with Crippen LogP contribution in [0, 0.1) is 0 Å². The molecule has 0 radical (unpaired) electrons. The van der Waals surface area contributed by atoms with Gasteiger partial charge in [0.2, 0.25) is 10.0 Å². The van der Waals surface area contributed by atoms with Crippen LogP contribution in [0.5, 0.6) is 0 Å². The Labute approximate surface area is 190 Å². The van der Waals surface area contributed by atoms with Crippen LogP contribution in [0.4, 0.5) is 5.69 Å². The first kappa shape index (κ1) is 21.8. The Kier molecular flexibility index (Phi) is 6.03. The van der Waals surface area contributed by atoms with Gasteiger partial charge in [-0.3, -0.25) is 4.79 Å². The van der Waals surface area contributed by atoms with Crippen LogP contribution >= 0.6 is 22.9 Å². The SMILES string of the molecule is CCC(C)NS(=O)(=O)c1ccc(NC(=O)c2sc3ccc4ccccc4c3c2Cl)cc1. The van der Waals surface area contributed by atoms with Crippen LogP contribution in [0.2, 0.25) is 5.02 Å². The van der Waals surface area contributed by atoms with E-state index < -0.39 is 10.0 Å². The number of fused-ring (bicyclic) bond motifs is 3. The lowest BCUT2D eigenvalue weighted by Crippen LogP contribution is -2.31. The molecule has 1 amide bonds. The number of anilines is 1. The van der Waals surface area contributed by atoms with Crippen molar-refractivity contribution in [3.63, 3.8) is 0 Å². The van der Waals surface area contributed by atoms with Gasteiger partial charge in [-0.05, 0) is 54.4 Å². The van der Waals surface area contributed by atoms with E-state index >= 15 is 0 Å². The highest BCUT2D eigenvalue weighted by Gasteiger charge is 2.20. The van der Waals surface area contributed by atoms with Crippen molar-refractivity contribution in [2.45, 2.75) is 31.2 Å². The zero-order chi connectivity index (χ0) is 22.2. The summed E-state index contributed by atoms with van der Waals surface area (Å²) in [5, 5.41) is 6.16. The van der Waals surface area contributed by atoms with E-state index in [0.29, 0.717) is 22.0 Å². The lowest BCUT2D eigenvalue weighted by molar-refractivity contribution is 0.103. The number of sulfonamides is 1. The standard InChI is InChI=1S/C23H21ClN2O3S2/c1-3-14(2)26-31(28,29)17-11-9-16(10-12-17)25-23(27)22-21(24)20-18-7-5-4-6-15(18)8-13-19(20)30-22/h4-14,26H,3H2,1-2H3,(H,25,27). The minimum absolute atomic E-state index is 0.150. The summed E-state index contributed by atoms with van der Waals surface area (Å²) in [6.07, 6.45) is 0.693. The predicted octanol–water partition coefficient (Wildman–Crippen LogP) is 6.04. The number of nitrogens with one attached hydrogen (secondary N) is 2. The highest BCUT2D eigenvalue weighted by Crippen LogP contribution is 2.40. The predicted molar refractivity (Wildman–Crippen MR) is 129 cm³/mol. The van der Waals surface area contributed by atoms with Gasteiger partial charge in [0.15, 0.2) is 0 Å². The van der Waals surface area contributed by atoms with Gasteiger partial charge in [-0.1, -0.05) is 48.9 Å². The van der Waals surface area contributed by atoms with Crippen LogP contribution in [0.3, 0.4) is 0 Å². The molecular formula is C23H21ClN2O3S2. The minimum atomic E-state index is -3.60. The van der Waals surface area contributed by atoms with Crippen molar-refractivity contribution in [2.24, 2.45) is 0 Å². The normalized spacial score (nSPS) is 12.9. The summed E-state index contributed by atoms with van der Waals surface area (Å²) in [5.41, 5.74) is 0.492. The summed E-state index contributed by atoms with van der Waals surface area (Å²) in [6.45, 7) is 3.72. The van der Waals surface area contributed by atoms with Gasteiger partial charge < -0.3 is 5.32 Å². The molecule has 0 saturated heterocycles. The molecule has 0 fully saturated rings. The number of carbonyl (C=O) groups is 1. The van der Waals surface area contributed by atoms with Gasteiger partial charge in [0.1, 0.15) is 4.88 Å². The van der Waals surface area contributed by atoms with Crippen molar-refractivity contribution in [2.75, 3.05) is 5.32 Å². The highest BCUT2D eigenvalue weighted by atomic mass is 35.5. The maximum absolute atomic E-state index is 12.9. The van der Waals surface area contributed by atoms with Crippen LogP contribution in [-0.4, -0.2) is 20.4 Å². The fraction of sp³-hybridized carbons (Fsp3) is 0.174. The number of amides is 1. The van der Waals surface area contributed by atoms with E-state index in [2.05, 4.69) is 10.0 Å². The molecule has 1 aromatic heterocycles. The molecule has 0 bridgehead atoms. The molecule has 1 unspecified atom stereocenters. The maximum Gasteiger partial charge on any atom is 0.267 e. The van der Waals surface area contributed by atoms with E-state index in [1.54, 1.807) is 12.1 Å². The summed E-state index contributed by atoms with van der Waals surface area (Å²) in [4.78, 5) is 13.5. The number of halogens is 1. The largest absolute Gasteiger partial charge is 0.321 e. The Morgan fingerprint density at radius 1 is 1.06 bits per heavy atom. The van der Waals surface area contributed by atoms with Crippen molar-refractivity contribution < 1.29 is 13.2 Å². The molecule has 8 heteroatoms. The molecule has 160 valence electrons. The Balaban J connectivity index is 1.59. The molecule has 2 N–H and O–H groups in total. The second-order valence-corrected chi connectivity index (χ2v) is 10.5. The third kappa shape index (κ3) is 4.32. The van der Waals surface area contributed by atoms with E-state index in [1.165, 1.54) is 23.5 Å². The summed E-state index contributed by atoms with van der Waals surface area (Å²) in [5.74, 6) is -0.330. The van der Waals surface area contributed by atoms with Crippen LogP contribution in [0.1, 0.15) is 29.9 Å². The summed E-state index contributed by atoms with van der Waals surface area (Å²) < 4.78 is 28.3. The molecule has 3 aromatic carbocycles. The minimum Gasteiger partial charge on any atom is -0.321 e. The van der Waals surface area contributed by atoms with Crippen LogP contribution < -0.4 is 10.0 Å². The number of rotatable bonds is 6. The molecule has 0 aliphatic rings. The van der Waals surface area contributed by atoms with E-state index in [4.69, 9.17) is 11.6 Å². The lowest BCUT2D eigenvalue weighted by atomic mass is 10.1. The second kappa shape index (κ2) is 8.59. The molecule has 4 rings (SSSR count). The molecule has 4 aromatic rings. The van der Waals surface area contributed by atoms with Gasteiger partial charge in [0.25, 0.3) is 5.91 Å². The molecular weight excluding hydrogens is 452 g/mol. The van der Waals surface area contributed by atoms with Gasteiger partial charge in [-0.15, -0.1) is 11.3 Å². The molecule has 5 nitrogen and oxygen atoms in total. The maximum atomic E-state index is 12.9. The van der Waals surface area contributed by atoms with Crippen LogP contribution in [-0.2, 0) is 10.0 Å². The topological polar surface area (TPSA) is 75.3 Å². The Morgan fingerprint density at radius 2 is 1.77 bits per heavy atom. The summed E-state index contributed by atoms with van der Waals surface area (Å²) in [7, 11) is -3.60. The number of benzene rings is 3.